The van der Waals surface area contributed by atoms with Crippen molar-refractivity contribution < 1.29 is 29.0 Å². The monoisotopic (exact) mass is 568 g/mol. The first-order valence-corrected chi connectivity index (χ1v) is 13.7. The first-order chi connectivity index (χ1) is 19.0. The van der Waals surface area contributed by atoms with Gasteiger partial charge in [0.2, 0.25) is 11.8 Å². The van der Waals surface area contributed by atoms with Gasteiger partial charge in [0.1, 0.15) is 23.4 Å². The summed E-state index contributed by atoms with van der Waals surface area (Å²) in [6.07, 6.45) is -0.685. The SMILES string of the molecule is CCC(C)(C)N(C(=O)C(CCC(N)=O)NC(=O)OC(C)(C)C)C(C(=O)Nc1c(C)cccc1C)c1cccc(O)c1. The number of alkyl carbamates (subject to hydrolysis) is 1. The second-order valence-corrected chi connectivity index (χ2v) is 11.8. The van der Waals surface area contributed by atoms with Gasteiger partial charge in [-0.05, 0) is 90.1 Å². The van der Waals surface area contributed by atoms with Gasteiger partial charge in [-0.2, -0.15) is 0 Å². The molecule has 41 heavy (non-hydrogen) atoms. The van der Waals surface area contributed by atoms with Crippen molar-refractivity contribution in [3.8, 4) is 5.75 Å². The summed E-state index contributed by atoms with van der Waals surface area (Å²) in [5.74, 6) is -1.83. The van der Waals surface area contributed by atoms with Crippen molar-refractivity contribution in [2.45, 2.75) is 97.9 Å². The molecule has 0 aromatic heterocycles. The van der Waals surface area contributed by atoms with Gasteiger partial charge < -0.3 is 31.1 Å². The molecule has 0 radical (unpaired) electrons. The Kier molecular flexibility index (Phi) is 10.9. The number of rotatable bonds is 11. The summed E-state index contributed by atoms with van der Waals surface area (Å²) in [6.45, 7) is 14.3. The van der Waals surface area contributed by atoms with Crippen LogP contribution in [0.3, 0.4) is 0 Å². The number of phenols is 1. The highest BCUT2D eigenvalue weighted by molar-refractivity contribution is 6.00. The Morgan fingerprint density at radius 3 is 2.10 bits per heavy atom. The zero-order valence-electron chi connectivity index (χ0n) is 25.3. The topological polar surface area (TPSA) is 151 Å². The number of hydrogen-bond donors (Lipinski definition) is 4. The fourth-order valence-electron chi connectivity index (χ4n) is 4.42. The van der Waals surface area contributed by atoms with Crippen LogP contribution in [0.5, 0.6) is 5.75 Å². The van der Waals surface area contributed by atoms with E-state index in [1.54, 1.807) is 32.9 Å². The molecule has 0 saturated heterocycles. The Labute approximate surface area is 242 Å². The van der Waals surface area contributed by atoms with Crippen molar-refractivity contribution in [2.24, 2.45) is 5.73 Å². The Balaban J connectivity index is 2.69. The molecule has 2 unspecified atom stereocenters. The van der Waals surface area contributed by atoms with E-state index in [2.05, 4.69) is 10.6 Å². The summed E-state index contributed by atoms with van der Waals surface area (Å²) >= 11 is 0. The van der Waals surface area contributed by atoms with Crippen molar-refractivity contribution >= 4 is 29.5 Å². The molecule has 0 bridgehead atoms. The summed E-state index contributed by atoms with van der Waals surface area (Å²) in [6, 6.07) is 9.34. The normalized spacial score (nSPS) is 13.1. The number of ether oxygens (including phenoxy) is 1. The number of aromatic hydroxyl groups is 1. The highest BCUT2D eigenvalue weighted by Crippen LogP contribution is 2.35. The molecule has 0 aliphatic heterocycles. The van der Waals surface area contributed by atoms with Crippen molar-refractivity contribution in [2.75, 3.05) is 5.32 Å². The summed E-state index contributed by atoms with van der Waals surface area (Å²) in [7, 11) is 0. The lowest BCUT2D eigenvalue weighted by molar-refractivity contribution is -0.148. The minimum atomic E-state index is -1.23. The van der Waals surface area contributed by atoms with E-state index in [1.165, 1.54) is 17.0 Å². The number of phenolic OH excluding ortho intramolecular Hbond substituents is 1. The Bertz CT molecular complexity index is 1250. The third-order valence-electron chi connectivity index (χ3n) is 6.85. The van der Waals surface area contributed by atoms with Gasteiger partial charge in [0, 0.05) is 17.6 Å². The van der Waals surface area contributed by atoms with Crippen LogP contribution in [0.15, 0.2) is 42.5 Å². The first kappa shape index (κ1) is 33.1. The zero-order chi connectivity index (χ0) is 31.1. The second-order valence-electron chi connectivity index (χ2n) is 11.8. The number of aryl methyl sites for hydroxylation is 2. The molecular formula is C31H44N4O6. The molecule has 4 amide bonds. The van der Waals surface area contributed by atoms with Crippen LogP contribution in [0.2, 0.25) is 0 Å². The second kappa shape index (κ2) is 13.5. The molecule has 224 valence electrons. The molecular weight excluding hydrogens is 524 g/mol. The van der Waals surface area contributed by atoms with E-state index >= 15 is 0 Å². The number of primary amides is 1. The van der Waals surface area contributed by atoms with Gasteiger partial charge in [0.15, 0.2) is 0 Å². The molecule has 2 rings (SSSR count). The van der Waals surface area contributed by atoms with Gasteiger partial charge in [-0.3, -0.25) is 14.4 Å². The lowest BCUT2D eigenvalue weighted by atomic mass is 9.91. The Morgan fingerprint density at radius 1 is 1.00 bits per heavy atom. The molecule has 0 aliphatic carbocycles. The minimum absolute atomic E-state index is 0.0776. The van der Waals surface area contributed by atoms with Gasteiger partial charge >= 0.3 is 6.09 Å². The quantitative estimate of drug-likeness (QED) is 0.304. The van der Waals surface area contributed by atoms with Gasteiger partial charge in [0.05, 0.1) is 0 Å². The fourth-order valence-corrected chi connectivity index (χ4v) is 4.42. The summed E-state index contributed by atoms with van der Waals surface area (Å²) in [5, 5.41) is 15.9. The zero-order valence-corrected chi connectivity index (χ0v) is 25.3. The molecule has 2 atom stereocenters. The van der Waals surface area contributed by atoms with E-state index in [-0.39, 0.29) is 18.6 Å². The van der Waals surface area contributed by atoms with Crippen LogP contribution in [0.4, 0.5) is 10.5 Å². The number of nitrogens with zero attached hydrogens (tertiary/aromatic N) is 1. The van der Waals surface area contributed by atoms with Crippen LogP contribution in [0.1, 0.15) is 83.5 Å². The molecule has 0 fully saturated rings. The number of benzene rings is 2. The summed E-state index contributed by atoms with van der Waals surface area (Å²) in [5.41, 5.74) is 6.31. The number of nitrogens with one attached hydrogen (secondary N) is 2. The summed E-state index contributed by atoms with van der Waals surface area (Å²) in [4.78, 5) is 54.4. The minimum Gasteiger partial charge on any atom is -0.508 e. The number of carbonyl (C=O) groups is 4. The van der Waals surface area contributed by atoms with E-state index in [0.717, 1.165) is 11.1 Å². The highest BCUT2D eigenvalue weighted by Gasteiger charge is 2.43. The molecule has 10 nitrogen and oxygen atoms in total. The van der Waals surface area contributed by atoms with E-state index in [9.17, 15) is 24.3 Å². The molecule has 0 heterocycles. The van der Waals surface area contributed by atoms with Crippen LogP contribution in [-0.2, 0) is 19.1 Å². The van der Waals surface area contributed by atoms with Gasteiger partial charge in [0.25, 0.3) is 5.91 Å². The third-order valence-corrected chi connectivity index (χ3v) is 6.85. The van der Waals surface area contributed by atoms with Crippen molar-refractivity contribution in [3.63, 3.8) is 0 Å². The lowest BCUT2D eigenvalue weighted by Gasteiger charge is -2.44. The van der Waals surface area contributed by atoms with Crippen molar-refractivity contribution in [3.05, 3.63) is 59.2 Å². The number of amides is 4. The van der Waals surface area contributed by atoms with Gasteiger partial charge in [-0.25, -0.2) is 4.79 Å². The number of nitrogens with two attached hydrogens (primary N) is 1. The van der Waals surface area contributed by atoms with Crippen LogP contribution < -0.4 is 16.4 Å². The van der Waals surface area contributed by atoms with E-state index in [4.69, 9.17) is 10.5 Å². The lowest BCUT2D eigenvalue weighted by Crippen LogP contribution is -2.59. The average Bonchev–Trinajstić information content (AvgIpc) is 2.85. The highest BCUT2D eigenvalue weighted by atomic mass is 16.6. The number of para-hydroxylation sites is 1. The first-order valence-electron chi connectivity index (χ1n) is 13.7. The Morgan fingerprint density at radius 2 is 1.59 bits per heavy atom. The molecule has 0 saturated carbocycles. The number of hydrogen-bond acceptors (Lipinski definition) is 6. The van der Waals surface area contributed by atoms with Crippen molar-refractivity contribution in [1.29, 1.82) is 0 Å². The summed E-state index contributed by atoms with van der Waals surface area (Å²) < 4.78 is 5.38. The maximum Gasteiger partial charge on any atom is 0.408 e. The largest absolute Gasteiger partial charge is 0.508 e. The van der Waals surface area contributed by atoms with E-state index in [1.807, 2.05) is 52.8 Å². The van der Waals surface area contributed by atoms with Crippen LogP contribution >= 0.6 is 0 Å². The molecule has 2 aromatic carbocycles. The van der Waals surface area contributed by atoms with Crippen molar-refractivity contribution in [1.82, 2.24) is 10.2 Å². The fraction of sp³-hybridized carbons (Fsp3) is 0.484. The maximum absolute atomic E-state index is 14.4. The molecule has 0 spiro atoms. The van der Waals surface area contributed by atoms with Crippen LogP contribution in [0.25, 0.3) is 0 Å². The molecule has 2 aromatic rings. The molecule has 10 heteroatoms. The van der Waals surface area contributed by atoms with Crippen LogP contribution in [0, 0.1) is 13.8 Å². The maximum atomic E-state index is 14.4. The predicted octanol–water partition coefficient (Wildman–Crippen LogP) is 4.86. The number of anilines is 1. The van der Waals surface area contributed by atoms with E-state index < -0.39 is 47.0 Å². The standard InChI is InChI=1S/C31H44N4O6/c1-9-31(7,8)35(28(39)23(16-17-24(32)37)33-29(40)41-30(4,5)6)26(21-14-11-15-22(36)18-21)27(38)34-25-19(2)12-10-13-20(25)3/h10-15,18,23,26,36H,9,16-17H2,1-8H3,(H2,32,37)(H,33,40)(H,34,38). The predicted molar refractivity (Wildman–Crippen MR) is 158 cm³/mol. The van der Waals surface area contributed by atoms with Crippen LogP contribution in [-0.4, -0.2) is 51.0 Å². The van der Waals surface area contributed by atoms with Gasteiger partial charge in [-0.1, -0.05) is 37.3 Å². The Hall–Kier alpha value is -4.08. The third kappa shape index (κ3) is 9.23. The van der Waals surface area contributed by atoms with E-state index in [0.29, 0.717) is 17.7 Å². The number of carbonyl (C=O) groups excluding carboxylic acids is 4. The average molecular weight is 569 g/mol. The molecule has 0 aliphatic rings. The smallest absolute Gasteiger partial charge is 0.408 e. The molecule has 5 N–H and O–H groups in total. The van der Waals surface area contributed by atoms with Gasteiger partial charge in [-0.15, -0.1) is 0 Å².